The molecule has 8 nitrogen and oxygen atoms in total. The van der Waals surface area contributed by atoms with Crippen LogP contribution in [0.2, 0.25) is 5.02 Å². The average Bonchev–Trinajstić information content (AvgIpc) is 2.98. The zero-order chi connectivity index (χ0) is 33.4. The van der Waals surface area contributed by atoms with Crippen molar-refractivity contribution in [3.63, 3.8) is 0 Å². The maximum Gasteiger partial charge on any atom is 0.391 e. The predicted octanol–water partition coefficient (Wildman–Crippen LogP) is 5.27. The highest BCUT2D eigenvalue weighted by molar-refractivity contribution is 7.79. The number of benzene rings is 2. The van der Waals surface area contributed by atoms with Gasteiger partial charge in [-0.2, -0.15) is 13.2 Å². The molecule has 258 valence electrons. The lowest BCUT2D eigenvalue weighted by Gasteiger charge is -2.39. The molecule has 0 bridgehead atoms. The number of halogens is 5. The summed E-state index contributed by atoms with van der Waals surface area (Å²) in [7, 11) is 2.02. The Kier molecular flexibility index (Phi) is 13.7. The topological polar surface area (TPSA) is 120 Å². The summed E-state index contributed by atoms with van der Waals surface area (Å²) in [5.41, 5.74) is 8.24. The first-order valence-electron chi connectivity index (χ1n) is 15.7. The number of alkyl halides is 3. The molecule has 0 amide bonds. The number of anilines is 1. The number of hydrogen-bond acceptors (Lipinski definition) is 7. The summed E-state index contributed by atoms with van der Waals surface area (Å²) in [6.07, 6.45) is -4.70. The Hall–Kier alpha value is -1.84. The first-order valence-corrected chi connectivity index (χ1v) is 17.4. The third-order valence-corrected chi connectivity index (χ3v) is 10.1. The number of aliphatic hydroxyl groups excluding tert-OH is 1. The van der Waals surface area contributed by atoms with Crippen LogP contribution < -0.4 is 16.4 Å². The Labute approximate surface area is 275 Å². The van der Waals surface area contributed by atoms with Crippen molar-refractivity contribution in [2.45, 2.75) is 87.5 Å². The molecule has 0 saturated carbocycles. The zero-order valence-electron chi connectivity index (χ0n) is 25.9. The lowest BCUT2D eigenvalue weighted by atomic mass is 9.74. The Balaban J connectivity index is 1.43. The molecule has 0 aromatic heterocycles. The van der Waals surface area contributed by atoms with Crippen LogP contribution in [0.15, 0.2) is 42.5 Å². The van der Waals surface area contributed by atoms with Crippen LogP contribution in [0, 0.1) is 11.7 Å². The molecule has 6 unspecified atom stereocenters. The van der Waals surface area contributed by atoms with Crippen LogP contribution in [0.1, 0.15) is 55.6 Å². The second-order valence-electron chi connectivity index (χ2n) is 12.5. The molecule has 0 radical (unpaired) electrons. The minimum Gasteiger partial charge on any atom is -0.378 e. The quantitative estimate of drug-likeness (QED) is 0.103. The van der Waals surface area contributed by atoms with Gasteiger partial charge >= 0.3 is 6.18 Å². The highest BCUT2D eigenvalue weighted by Gasteiger charge is 2.40. The standard InChI is InChI=1S/C32H45ClF4N4O4S/c1-41-19-23(39-18-24(41)4-3-15-46(43)44)11-12-26-27(34)5-2-6-28(26)40-31(42)30(38)29(20-7-9-22(33)10-8-20)21-13-14-45-25(16-21)17-32(35,36)37/h2,5-10,21,23-25,29-31,39-40,42H,3-4,11-19,38H2,1H3,(H,43,44)/t21?,23?,24?,25?,29-,30-,31?/m0/s1. The van der Waals surface area contributed by atoms with E-state index in [0.717, 1.165) is 25.1 Å². The van der Waals surface area contributed by atoms with Crippen molar-refractivity contribution in [2.24, 2.45) is 11.7 Å². The van der Waals surface area contributed by atoms with E-state index in [-0.39, 0.29) is 36.8 Å². The molecular formula is C32H45ClF4N4O4S. The Bertz CT molecular complexity index is 1280. The molecule has 2 aliphatic heterocycles. The van der Waals surface area contributed by atoms with E-state index >= 15 is 4.39 Å². The number of ether oxygens (including phenoxy) is 1. The van der Waals surface area contributed by atoms with Crippen molar-refractivity contribution in [1.82, 2.24) is 10.2 Å². The van der Waals surface area contributed by atoms with E-state index in [1.54, 1.807) is 36.4 Å². The van der Waals surface area contributed by atoms with Crippen LogP contribution in [-0.2, 0) is 22.2 Å². The number of aliphatic hydroxyl groups is 1. The maximum absolute atomic E-state index is 15.2. The Morgan fingerprint density at radius 1 is 1.22 bits per heavy atom. The van der Waals surface area contributed by atoms with Gasteiger partial charge in [0.1, 0.15) is 12.0 Å². The SMILES string of the molecule is CN1CC(CCc2c(F)cccc2NC(O)[C@@H](N)[C@@H](c2ccc(Cl)cc2)C2CCOC(CC(F)(F)F)C2)NCC1CCCS(=O)O. The van der Waals surface area contributed by atoms with Gasteiger partial charge in [0, 0.05) is 59.7 Å². The minimum atomic E-state index is -4.37. The van der Waals surface area contributed by atoms with Crippen LogP contribution in [0.25, 0.3) is 0 Å². The first-order chi connectivity index (χ1) is 21.8. The number of likely N-dealkylation sites (N-methyl/N-ethyl adjacent to an activating group) is 1. The third kappa shape index (κ3) is 10.8. The summed E-state index contributed by atoms with van der Waals surface area (Å²) in [6, 6.07) is 10.9. The fraction of sp³-hybridized carbons (Fsp3) is 0.625. The van der Waals surface area contributed by atoms with Gasteiger partial charge in [0.15, 0.2) is 11.1 Å². The molecule has 4 rings (SSSR count). The highest BCUT2D eigenvalue weighted by Crippen LogP contribution is 2.40. The van der Waals surface area contributed by atoms with Crippen LogP contribution in [-0.4, -0.2) is 87.9 Å². The van der Waals surface area contributed by atoms with Gasteiger partial charge in [-0.15, -0.1) is 0 Å². The normalized spacial score (nSPS) is 25.5. The summed E-state index contributed by atoms with van der Waals surface area (Å²) in [4.78, 5) is 2.22. The van der Waals surface area contributed by atoms with Crippen LogP contribution >= 0.6 is 11.6 Å². The van der Waals surface area contributed by atoms with Crippen molar-refractivity contribution < 1.29 is 36.2 Å². The minimum absolute atomic E-state index is 0.0975. The van der Waals surface area contributed by atoms with Crippen LogP contribution in [0.3, 0.4) is 0 Å². The van der Waals surface area contributed by atoms with Crippen LogP contribution in [0.5, 0.6) is 0 Å². The van der Waals surface area contributed by atoms with E-state index in [2.05, 4.69) is 15.5 Å². The molecule has 2 heterocycles. The fourth-order valence-electron chi connectivity index (χ4n) is 6.83. The fourth-order valence-corrected chi connectivity index (χ4v) is 7.37. The number of rotatable bonds is 14. The zero-order valence-corrected chi connectivity index (χ0v) is 27.5. The molecule has 46 heavy (non-hydrogen) atoms. The monoisotopic (exact) mass is 692 g/mol. The van der Waals surface area contributed by atoms with E-state index in [0.29, 0.717) is 42.0 Å². The second-order valence-corrected chi connectivity index (χ2v) is 14.0. The van der Waals surface area contributed by atoms with Crippen molar-refractivity contribution in [3.05, 3.63) is 64.4 Å². The Morgan fingerprint density at radius 2 is 1.96 bits per heavy atom. The molecule has 2 fully saturated rings. The van der Waals surface area contributed by atoms with Gasteiger partial charge in [-0.25, -0.2) is 8.60 Å². The molecule has 8 atom stereocenters. The second kappa shape index (κ2) is 17.0. The van der Waals surface area contributed by atoms with Crippen molar-refractivity contribution in [2.75, 3.05) is 37.8 Å². The molecule has 2 aliphatic rings. The van der Waals surface area contributed by atoms with Gasteiger partial charge in [-0.1, -0.05) is 29.8 Å². The molecule has 14 heteroatoms. The van der Waals surface area contributed by atoms with E-state index in [1.165, 1.54) is 6.07 Å². The predicted molar refractivity (Wildman–Crippen MR) is 173 cm³/mol. The molecule has 0 aliphatic carbocycles. The van der Waals surface area contributed by atoms with Crippen molar-refractivity contribution >= 4 is 28.4 Å². The van der Waals surface area contributed by atoms with Gasteiger partial charge in [-0.05, 0) is 81.3 Å². The maximum atomic E-state index is 15.2. The first kappa shape index (κ1) is 37.0. The van der Waals surface area contributed by atoms with E-state index < -0.39 is 53.8 Å². The molecule has 2 saturated heterocycles. The van der Waals surface area contributed by atoms with E-state index in [4.69, 9.17) is 26.6 Å². The number of hydrogen-bond donors (Lipinski definition) is 5. The molecule has 6 N–H and O–H groups in total. The van der Waals surface area contributed by atoms with Crippen molar-refractivity contribution in [1.29, 1.82) is 0 Å². The number of nitrogens with one attached hydrogen (secondary N) is 2. The molecule has 0 spiro atoms. The van der Waals surface area contributed by atoms with Gasteiger partial charge in [0.2, 0.25) is 0 Å². The van der Waals surface area contributed by atoms with Gasteiger partial charge in [0.05, 0.1) is 18.6 Å². The summed E-state index contributed by atoms with van der Waals surface area (Å²) < 4.78 is 80.2. The highest BCUT2D eigenvalue weighted by atomic mass is 35.5. The van der Waals surface area contributed by atoms with Gasteiger partial charge < -0.3 is 35.7 Å². The van der Waals surface area contributed by atoms with Crippen LogP contribution in [0.4, 0.5) is 23.2 Å². The van der Waals surface area contributed by atoms with E-state index in [9.17, 15) is 22.5 Å². The van der Waals surface area contributed by atoms with E-state index in [1.807, 2.05) is 7.05 Å². The number of piperazine rings is 1. The average molecular weight is 693 g/mol. The molecule has 2 aromatic rings. The lowest BCUT2D eigenvalue weighted by Crippen LogP contribution is -2.55. The molecular weight excluding hydrogens is 648 g/mol. The summed E-state index contributed by atoms with van der Waals surface area (Å²) in [6.45, 7) is 1.60. The summed E-state index contributed by atoms with van der Waals surface area (Å²) in [5.74, 6) is -0.993. The Morgan fingerprint density at radius 3 is 2.63 bits per heavy atom. The third-order valence-electron chi connectivity index (χ3n) is 9.20. The van der Waals surface area contributed by atoms with Gasteiger partial charge in [0.25, 0.3) is 0 Å². The molecule has 2 aromatic carbocycles. The summed E-state index contributed by atoms with van der Waals surface area (Å²) in [5, 5.41) is 18.4. The smallest absolute Gasteiger partial charge is 0.378 e. The summed E-state index contributed by atoms with van der Waals surface area (Å²) >= 11 is 4.31. The number of nitrogens with zero attached hydrogens (tertiary/aromatic N) is 1. The number of nitrogens with two attached hydrogens (primary N) is 1. The lowest BCUT2D eigenvalue weighted by molar-refractivity contribution is -0.169. The largest absolute Gasteiger partial charge is 0.391 e. The van der Waals surface area contributed by atoms with Gasteiger partial charge in [-0.3, -0.25) is 0 Å². The van der Waals surface area contributed by atoms with Crippen molar-refractivity contribution in [3.8, 4) is 0 Å².